The van der Waals surface area contributed by atoms with E-state index in [1.807, 2.05) is 55.5 Å². The zero-order valence-electron chi connectivity index (χ0n) is 16.4. The maximum absolute atomic E-state index is 12.4. The number of hydrogen-bond acceptors (Lipinski definition) is 3. The Morgan fingerprint density at radius 1 is 1.10 bits per heavy atom. The van der Waals surface area contributed by atoms with Crippen LogP contribution in [0.5, 0.6) is 0 Å². The average Bonchev–Trinajstić information content (AvgIpc) is 2.74. The van der Waals surface area contributed by atoms with E-state index in [9.17, 15) is 10.1 Å². The van der Waals surface area contributed by atoms with Crippen LogP contribution in [0, 0.1) is 18.3 Å². The number of nitrogens with one attached hydrogen (secondary N) is 1. The Hall–Kier alpha value is -2.45. The van der Waals surface area contributed by atoms with Gasteiger partial charge in [-0.15, -0.1) is 11.8 Å². The molecule has 0 spiro atoms. The molecule has 3 rings (SSSR count). The third kappa shape index (κ3) is 5.79. The minimum absolute atomic E-state index is 0.0696. The van der Waals surface area contributed by atoms with Crippen molar-refractivity contribution >= 4 is 46.6 Å². The van der Waals surface area contributed by atoms with Gasteiger partial charge in [0.05, 0.1) is 12.0 Å². The monoisotopic (exact) mass is 454 g/mol. The molecule has 0 radical (unpaired) electrons. The van der Waals surface area contributed by atoms with Crippen LogP contribution in [-0.4, -0.2) is 11.7 Å². The number of thioether (sulfide) groups is 1. The first-order valence-electron chi connectivity index (χ1n) is 9.40. The van der Waals surface area contributed by atoms with Crippen LogP contribution in [0.25, 0.3) is 0 Å². The van der Waals surface area contributed by atoms with Crippen LogP contribution in [0.2, 0.25) is 10.0 Å². The number of aryl methyl sites for hydroxylation is 1. The average molecular weight is 455 g/mol. The molecule has 0 aliphatic carbocycles. The van der Waals surface area contributed by atoms with Gasteiger partial charge in [0, 0.05) is 32.8 Å². The highest BCUT2D eigenvalue weighted by Gasteiger charge is 2.19. The zero-order valence-corrected chi connectivity index (χ0v) is 18.7. The summed E-state index contributed by atoms with van der Waals surface area (Å²) in [5.41, 5.74) is 3.04. The van der Waals surface area contributed by atoms with Gasteiger partial charge in [0.1, 0.15) is 0 Å². The van der Waals surface area contributed by atoms with E-state index in [2.05, 4.69) is 11.4 Å². The fourth-order valence-electron chi connectivity index (χ4n) is 3.03. The number of anilines is 1. The number of halogens is 2. The molecular weight excluding hydrogens is 435 g/mol. The molecule has 1 amide bonds. The van der Waals surface area contributed by atoms with Crippen molar-refractivity contribution in [1.29, 1.82) is 5.26 Å². The number of hydrogen-bond donors (Lipinski definition) is 1. The first kappa shape index (κ1) is 22.2. The van der Waals surface area contributed by atoms with Gasteiger partial charge in [-0.25, -0.2) is 0 Å². The quantitative estimate of drug-likeness (QED) is 0.388. The molecule has 0 bridgehead atoms. The number of nitriles is 1. The van der Waals surface area contributed by atoms with Crippen molar-refractivity contribution in [2.75, 3.05) is 11.1 Å². The fraction of sp³-hybridized carbons (Fsp3) is 0.167. The predicted octanol–water partition coefficient (Wildman–Crippen LogP) is 7.08. The van der Waals surface area contributed by atoms with Gasteiger partial charge >= 0.3 is 0 Å². The molecule has 0 unspecified atom stereocenters. The lowest BCUT2D eigenvalue weighted by atomic mass is 9.91. The van der Waals surface area contributed by atoms with Crippen LogP contribution < -0.4 is 5.32 Å². The molecule has 0 heterocycles. The van der Waals surface area contributed by atoms with Crippen LogP contribution in [-0.2, 0) is 4.79 Å². The second kappa shape index (κ2) is 10.5. The van der Waals surface area contributed by atoms with Gasteiger partial charge in [0.15, 0.2) is 0 Å². The standard InChI is InChI=1S/C24H20Cl2N2OS/c1-16-13-20(21(15-27)17-7-9-18(25)10-8-17)22(26)14-23(16)28-24(29)11-12-30-19-5-3-2-4-6-19/h2-10,13-14,21H,11-12H2,1H3,(H,28,29)/t21-/m1/s1. The Morgan fingerprint density at radius 2 is 1.80 bits per heavy atom. The van der Waals surface area contributed by atoms with Gasteiger partial charge in [-0.1, -0.05) is 59.6 Å². The summed E-state index contributed by atoms with van der Waals surface area (Å²) >= 11 is 14.1. The highest BCUT2D eigenvalue weighted by Crippen LogP contribution is 2.34. The van der Waals surface area contributed by atoms with Crippen molar-refractivity contribution in [3.63, 3.8) is 0 Å². The first-order chi connectivity index (χ1) is 14.5. The van der Waals surface area contributed by atoms with Crippen LogP contribution in [0.4, 0.5) is 5.69 Å². The second-order valence-electron chi connectivity index (χ2n) is 6.76. The SMILES string of the molecule is Cc1cc([C@H](C#N)c2ccc(Cl)cc2)c(Cl)cc1NC(=O)CCSc1ccccc1. The summed E-state index contributed by atoms with van der Waals surface area (Å²) in [6.07, 6.45) is 0.393. The number of amides is 1. The molecule has 30 heavy (non-hydrogen) atoms. The van der Waals surface area contributed by atoms with Gasteiger partial charge in [-0.2, -0.15) is 5.26 Å². The van der Waals surface area contributed by atoms with E-state index in [1.54, 1.807) is 30.0 Å². The Labute approximate surface area is 191 Å². The molecular formula is C24H20Cl2N2OS. The van der Waals surface area contributed by atoms with Gasteiger partial charge < -0.3 is 5.32 Å². The Balaban J connectivity index is 1.68. The largest absolute Gasteiger partial charge is 0.326 e. The third-order valence-electron chi connectivity index (χ3n) is 4.60. The first-order valence-corrected chi connectivity index (χ1v) is 11.1. The van der Waals surface area contributed by atoms with E-state index in [0.717, 1.165) is 16.0 Å². The minimum atomic E-state index is -0.513. The second-order valence-corrected chi connectivity index (χ2v) is 8.77. The molecule has 0 saturated carbocycles. The molecule has 3 aromatic carbocycles. The summed E-state index contributed by atoms with van der Waals surface area (Å²) in [7, 11) is 0. The molecule has 1 atom stereocenters. The van der Waals surface area contributed by atoms with Crippen molar-refractivity contribution in [3.8, 4) is 6.07 Å². The zero-order chi connectivity index (χ0) is 21.5. The van der Waals surface area contributed by atoms with E-state index >= 15 is 0 Å². The van der Waals surface area contributed by atoms with Crippen molar-refractivity contribution in [1.82, 2.24) is 0 Å². The van der Waals surface area contributed by atoms with E-state index in [1.165, 1.54) is 0 Å². The van der Waals surface area contributed by atoms with Crippen LogP contribution in [0.3, 0.4) is 0 Å². The lowest BCUT2D eigenvalue weighted by molar-refractivity contribution is -0.115. The van der Waals surface area contributed by atoms with Gasteiger partial charge in [-0.05, 0) is 53.9 Å². The smallest absolute Gasteiger partial charge is 0.225 e. The lowest BCUT2D eigenvalue weighted by Crippen LogP contribution is -2.13. The van der Waals surface area contributed by atoms with E-state index in [0.29, 0.717) is 33.5 Å². The Morgan fingerprint density at radius 3 is 2.47 bits per heavy atom. The number of carbonyl (C=O) groups is 1. The molecule has 152 valence electrons. The number of rotatable bonds is 7. The molecule has 0 saturated heterocycles. The molecule has 0 aliphatic rings. The van der Waals surface area contributed by atoms with E-state index < -0.39 is 5.92 Å². The maximum Gasteiger partial charge on any atom is 0.225 e. The lowest BCUT2D eigenvalue weighted by Gasteiger charge is -2.16. The number of nitrogens with zero attached hydrogens (tertiary/aromatic N) is 1. The third-order valence-corrected chi connectivity index (χ3v) is 6.20. The van der Waals surface area contributed by atoms with Crippen LogP contribution in [0.1, 0.15) is 29.0 Å². The van der Waals surface area contributed by atoms with Gasteiger partial charge in [0.2, 0.25) is 5.91 Å². The van der Waals surface area contributed by atoms with Gasteiger partial charge in [-0.3, -0.25) is 4.79 Å². The van der Waals surface area contributed by atoms with Gasteiger partial charge in [0.25, 0.3) is 0 Å². The summed E-state index contributed by atoms with van der Waals surface area (Å²) in [6.45, 7) is 1.89. The fourth-order valence-corrected chi connectivity index (χ4v) is 4.30. The van der Waals surface area contributed by atoms with E-state index in [4.69, 9.17) is 23.2 Å². The molecule has 1 N–H and O–H groups in total. The Bertz CT molecular complexity index is 1060. The highest BCUT2D eigenvalue weighted by molar-refractivity contribution is 7.99. The van der Waals surface area contributed by atoms with Crippen molar-refractivity contribution in [2.45, 2.75) is 24.2 Å². The summed E-state index contributed by atoms with van der Waals surface area (Å²) in [4.78, 5) is 13.5. The summed E-state index contributed by atoms with van der Waals surface area (Å²) in [6, 6.07) is 23.0. The molecule has 0 aromatic heterocycles. The molecule has 3 nitrogen and oxygen atoms in total. The highest BCUT2D eigenvalue weighted by atomic mass is 35.5. The summed E-state index contributed by atoms with van der Waals surface area (Å²) in [5.74, 6) is 0.105. The topological polar surface area (TPSA) is 52.9 Å². The van der Waals surface area contributed by atoms with Crippen LogP contribution >= 0.6 is 35.0 Å². The summed E-state index contributed by atoms with van der Waals surface area (Å²) in [5, 5.41) is 13.7. The number of benzene rings is 3. The molecule has 0 aliphatic heterocycles. The van der Waals surface area contributed by atoms with Crippen molar-refractivity contribution in [3.05, 3.63) is 93.5 Å². The molecule has 3 aromatic rings. The Kier molecular flexibility index (Phi) is 7.81. The van der Waals surface area contributed by atoms with Crippen molar-refractivity contribution in [2.24, 2.45) is 0 Å². The molecule has 6 heteroatoms. The number of carbonyl (C=O) groups excluding carboxylic acids is 1. The van der Waals surface area contributed by atoms with Crippen LogP contribution in [0.15, 0.2) is 71.6 Å². The van der Waals surface area contributed by atoms with Crippen molar-refractivity contribution < 1.29 is 4.79 Å². The molecule has 0 fully saturated rings. The van der Waals surface area contributed by atoms with E-state index in [-0.39, 0.29) is 5.91 Å². The minimum Gasteiger partial charge on any atom is -0.326 e. The predicted molar refractivity (Wildman–Crippen MR) is 126 cm³/mol. The summed E-state index contributed by atoms with van der Waals surface area (Å²) < 4.78 is 0. The maximum atomic E-state index is 12.4. The normalized spacial score (nSPS) is 11.5.